The van der Waals surface area contributed by atoms with Crippen LogP contribution in [0.3, 0.4) is 0 Å². The molecule has 76 valence electrons. The maximum Gasteiger partial charge on any atom is 0.138 e. The number of carbonyl (C=O) groups is 1. The molecule has 0 saturated heterocycles. The third kappa shape index (κ3) is 2.25. The molecule has 2 nitrogen and oxygen atoms in total. The molecule has 0 N–H and O–H groups in total. The van der Waals surface area contributed by atoms with Crippen LogP contribution in [-0.2, 0) is 4.79 Å². The van der Waals surface area contributed by atoms with E-state index in [9.17, 15) is 9.18 Å². The molecule has 0 aliphatic carbocycles. The van der Waals surface area contributed by atoms with E-state index in [2.05, 4.69) is 15.9 Å². The van der Waals surface area contributed by atoms with E-state index in [0.29, 0.717) is 12.0 Å². The first-order valence-electron chi connectivity index (χ1n) is 3.72. The molecule has 1 aromatic carbocycles. The minimum atomic E-state index is -0.735. The summed E-state index contributed by atoms with van der Waals surface area (Å²) in [5, 5.41) is 0.163. The van der Waals surface area contributed by atoms with E-state index in [1.807, 2.05) is 0 Å². The van der Waals surface area contributed by atoms with Crippen molar-refractivity contribution in [3.05, 3.63) is 28.5 Å². The van der Waals surface area contributed by atoms with Crippen molar-refractivity contribution in [1.29, 1.82) is 0 Å². The number of carbonyl (C=O) groups excluding carboxylic acids is 1. The van der Waals surface area contributed by atoms with Crippen LogP contribution >= 0.6 is 27.5 Å². The lowest BCUT2D eigenvalue weighted by atomic mass is 10.1. The van der Waals surface area contributed by atoms with Gasteiger partial charge in [0.25, 0.3) is 0 Å². The maximum absolute atomic E-state index is 13.4. The summed E-state index contributed by atoms with van der Waals surface area (Å²) in [5.41, 5.74) is 0.127. The van der Waals surface area contributed by atoms with Gasteiger partial charge in [0.2, 0.25) is 0 Å². The molecule has 1 unspecified atom stereocenters. The van der Waals surface area contributed by atoms with Crippen LogP contribution in [0.5, 0.6) is 5.75 Å². The minimum Gasteiger partial charge on any atom is -0.497 e. The zero-order chi connectivity index (χ0) is 10.7. The smallest absolute Gasteiger partial charge is 0.138 e. The monoisotopic (exact) mass is 280 g/mol. The normalized spacial score (nSPS) is 12.3. The molecule has 1 aromatic rings. The Morgan fingerprint density at radius 1 is 1.64 bits per heavy atom. The first-order chi connectivity index (χ1) is 6.60. The second-order valence-corrected chi connectivity index (χ2v) is 3.94. The van der Waals surface area contributed by atoms with Crippen LogP contribution in [0, 0.1) is 5.82 Å². The van der Waals surface area contributed by atoms with Crippen molar-refractivity contribution in [3.63, 3.8) is 0 Å². The Bertz CT molecular complexity index is 334. The third-order valence-electron chi connectivity index (χ3n) is 1.68. The van der Waals surface area contributed by atoms with Gasteiger partial charge in [-0.15, -0.1) is 0 Å². The fourth-order valence-electron chi connectivity index (χ4n) is 1.01. The van der Waals surface area contributed by atoms with Crippen molar-refractivity contribution >= 4 is 33.8 Å². The number of benzene rings is 1. The molecule has 0 saturated carbocycles. The van der Waals surface area contributed by atoms with Crippen LogP contribution < -0.4 is 4.74 Å². The Kier molecular flexibility index (Phi) is 3.89. The topological polar surface area (TPSA) is 26.3 Å². The average molecular weight is 282 g/mol. The summed E-state index contributed by atoms with van der Waals surface area (Å²) in [6.45, 7) is 0. The lowest BCUT2D eigenvalue weighted by Crippen LogP contribution is -1.98. The second-order valence-electron chi connectivity index (χ2n) is 2.54. The van der Waals surface area contributed by atoms with Gasteiger partial charge < -0.3 is 9.53 Å². The van der Waals surface area contributed by atoms with Gasteiger partial charge in [-0.1, -0.05) is 27.5 Å². The van der Waals surface area contributed by atoms with E-state index in [0.717, 1.165) is 0 Å². The zero-order valence-corrected chi connectivity index (χ0v) is 9.60. The molecule has 0 amide bonds. The molecule has 1 atom stereocenters. The van der Waals surface area contributed by atoms with Gasteiger partial charge in [-0.2, -0.15) is 0 Å². The largest absolute Gasteiger partial charge is 0.497 e. The summed E-state index contributed by atoms with van der Waals surface area (Å²) in [7, 11) is 1.41. The van der Waals surface area contributed by atoms with Crippen molar-refractivity contribution in [1.82, 2.24) is 0 Å². The minimum absolute atomic E-state index is 0.127. The van der Waals surface area contributed by atoms with Crippen molar-refractivity contribution in [2.75, 3.05) is 7.11 Å². The Morgan fingerprint density at radius 2 is 2.29 bits per heavy atom. The zero-order valence-electron chi connectivity index (χ0n) is 7.26. The van der Waals surface area contributed by atoms with Gasteiger partial charge in [-0.05, 0) is 6.07 Å². The summed E-state index contributed by atoms with van der Waals surface area (Å²) >= 11 is 8.78. The highest BCUT2D eigenvalue weighted by atomic mass is 79.9. The lowest BCUT2D eigenvalue weighted by molar-refractivity contribution is -0.107. The molecule has 0 aromatic heterocycles. The Labute approximate surface area is 94.1 Å². The summed E-state index contributed by atoms with van der Waals surface area (Å²) < 4.78 is 18.2. The van der Waals surface area contributed by atoms with Crippen molar-refractivity contribution in [3.8, 4) is 5.75 Å². The van der Waals surface area contributed by atoms with Crippen LogP contribution in [0.25, 0.3) is 0 Å². The quantitative estimate of drug-likeness (QED) is 0.628. The number of hydrogen-bond acceptors (Lipinski definition) is 2. The molecular formula is C9H7BrClFO2. The Morgan fingerprint density at radius 3 is 2.71 bits per heavy atom. The average Bonchev–Trinajstić information content (AvgIpc) is 2.16. The van der Waals surface area contributed by atoms with Gasteiger partial charge in [0.15, 0.2) is 0 Å². The van der Waals surface area contributed by atoms with Crippen molar-refractivity contribution < 1.29 is 13.9 Å². The SMILES string of the molecule is COc1cc(F)c(C(Br)C=O)c(Cl)c1. The number of hydrogen-bond donors (Lipinski definition) is 0. The van der Waals surface area contributed by atoms with Crippen molar-refractivity contribution in [2.24, 2.45) is 0 Å². The number of rotatable bonds is 3. The Balaban J connectivity index is 3.24. The number of halogens is 3. The molecular weight excluding hydrogens is 274 g/mol. The van der Waals surface area contributed by atoms with Gasteiger partial charge in [0.05, 0.1) is 17.0 Å². The second kappa shape index (κ2) is 4.75. The number of aldehydes is 1. The molecule has 14 heavy (non-hydrogen) atoms. The van der Waals surface area contributed by atoms with E-state index >= 15 is 0 Å². The van der Waals surface area contributed by atoms with Gasteiger partial charge in [-0.3, -0.25) is 0 Å². The summed E-state index contributed by atoms with van der Waals surface area (Å²) in [4.78, 5) is 9.73. The molecule has 0 aliphatic heterocycles. The highest BCUT2D eigenvalue weighted by Crippen LogP contribution is 2.33. The van der Waals surface area contributed by atoms with Crippen LogP contribution in [0.2, 0.25) is 5.02 Å². The first-order valence-corrected chi connectivity index (χ1v) is 5.01. The number of alkyl halides is 1. The van der Waals surface area contributed by atoms with E-state index < -0.39 is 10.6 Å². The van der Waals surface area contributed by atoms with E-state index in [1.54, 1.807) is 0 Å². The van der Waals surface area contributed by atoms with Gasteiger partial charge >= 0.3 is 0 Å². The van der Waals surface area contributed by atoms with E-state index in [1.165, 1.54) is 19.2 Å². The summed E-state index contributed by atoms with van der Waals surface area (Å²) in [5.74, 6) is -0.245. The van der Waals surface area contributed by atoms with Gasteiger partial charge in [0.1, 0.15) is 17.9 Å². The van der Waals surface area contributed by atoms with Crippen molar-refractivity contribution in [2.45, 2.75) is 4.83 Å². The standard InChI is InChI=1S/C9H7BrClFO2/c1-14-5-2-7(11)9(6(10)4-13)8(12)3-5/h2-4,6H,1H3. The molecule has 0 heterocycles. The molecule has 0 radical (unpaired) electrons. The van der Waals surface area contributed by atoms with E-state index in [-0.39, 0.29) is 10.6 Å². The molecule has 0 fully saturated rings. The van der Waals surface area contributed by atoms with Crippen LogP contribution in [0.15, 0.2) is 12.1 Å². The van der Waals surface area contributed by atoms with Gasteiger partial charge in [-0.25, -0.2) is 4.39 Å². The molecule has 5 heteroatoms. The Hall–Kier alpha value is -0.610. The fraction of sp³-hybridized carbons (Fsp3) is 0.222. The molecule has 1 rings (SSSR count). The van der Waals surface area contributed by atoms with Crippen LogP contribution in [-0.4, -0.2) is 13.4 Å². The molecule has 0 aliphatic rings. The number of methoxy groups -OCH3 is 1. The highest BCUT2D eigenvalue weighted by molar-refractivity contribution is 9.09. The first kappa shape index (κ1) is 11.5. The predicted molar refractivity (Wildman–Crippen MR) is 55.7 cm³/mol. The lowest BCUT2D eigenvalue weighted by Gasteiger charge is -2.09. The summed E-state index contributed by atoms with van der Waals surface area (Å²) in [6, 6.07) is 2.64. The van der Waals surface area contributed by atoms with Crippen LogP contribution in [0.1, 0.15) is 10.4 Å². The highest BCUT2D eigenvalue weighted by Gasteiger charge is 2.17. The van der Waals surface area contributed by atoms with E-state index in [4.69, 9.17) is 16.3 Å². The fourth-order valence-corrected chi connectivity index (χ4v) is 1.92. The van der Waals surface area contributed by atoms with Crippen LogP contribution in [0.4, 0.5) is 4.39 Å². The predicted octanol–water partition coefficient (Wildman–Crippen LogP) is 3.12. The summed E-state index contributed by atoms with van der Waals surface area (Å²) in [6.07, 6.45) is 0.566. The third-order valence-corrected chi connectivity index (χ3v) is 2.67. The maximum atomic E-state index is 13.4. The number of ether oxygens (including phenoxy) is 1. The molecule has 0 spiro atoms. The molecule has 0 bridgehead atoms. The van der Waals surface area contributed by atoms with Gasteiger partial charge in [0, 0.05) is 11.6 Å².